The average Bonchev–Trinajstić information content (AvgIpc) is 3.62. The number of carbonyl (C=O) groups excluding carboxylic acids is 2. The lowest BCUT2D eigenvalue weighted by Gasteiger charge is -2.35. The Kier molecular flexibility index (Phi) is 5.44. The molecule has 1 saturated carbocycles. The van der Waals surface area contributed by atoms with Crippen molar-refractivity contribution in [1.29, 1.82) is 0 Å². The fourth-order valence-electron chi connectivity index (χ4n) is 4.20. The first-order chi connectivity index (χ1) is 16.3. The third-order valence-corrected chi connectivity index (χ3v) is 6.46. The second-order valence-electron chi connectivity index (χ2n) is 8.66. The van der Waals surface area contributed by atoms with Crippen LogP contribution in [0.1, 0.15) is 23.2 Å². The lowest BCUT2D eigenvalue weighted by Crippen LogP contribution is -2.53. The number of benzene rings is 2. The van der Waals surface area contributed by atoms with Crippen molar-refractivity contribution in [3.63, 3.8) is 0 Å². The monoisotopic (exact) mass is 467 g/mol. The van der Waals surface area contributed by atoms with Gasteiger partial charge in [0, 0.05) is 37.1 Å². The van der Waals surface area contributed by atoms with E-state index in [4.69, 9.17) is 4.74 Å². The third kappa shape index (κ3) is 3.86. The Hall–Kier alpha value is -3.59. The average molecular weight is 467 g/mol. The van der Waals surface area contributed by atoms with Crippen molar-refractivity contribution in [3.05, 3.63) is 59.7 Å². The molecule has 1 aliphatic heterocycles. The van der Waals surface area contributed by atoms with Crippen LogP contribution in [0.2, 0.25) is 0 Å². The molecule has 0 spiro atoms. The maximum Gasteiger partial charge on any atom is 0.257 e. The molecule has 34 heavy (non-hydrogen) atoms. The van der Waals surface area contributed by atoms with Gasteiger partial charge in [0.05, 0.1) is 23.9 Å². The zero-order chi connectivity index (χ0) is 24.0. The van der Waals surface area contributed by atoms with E-state index in [0.29, 0.717) is 24.1 Å². The molecule has 9 heteroatoms. The minimum Gasteiger partial charge on any atom is -0.497 e. The molecule has 1 saturated heterocycles. The highest BCUT2D eigenvalue weighted by Gasteiger charge is 2.50. The highest BCUT2D eigenvalue weighted by atomic mass is 19.2. The summed E-state index contributed by atoms with van der Waals surface area (Å²) in [5.41, 5.74) is -0.827. The molecule has 5 rings (SSSR count). The molecular weight excluding hydrogens is 444 g/mol. The van der Waals surface area contributed by atoms with Crippen molar-refractivity contribution in [1.82, 2.24) is 14.8 Å². The van der Waals surface area contributed by atoms with E-state index in [-0.39, 0.29) is 48.9 Å². The number of halogens is 2. The molecule has 3 aromatic rings. The van der Waals surface area contributed by atoms with E-state index < -0.39 is 23.1 Å². The molecule has 2 amide bonds. The summed E-state index contributed by atoms with van der Waals surface area (Å²) in [5, 5.41) is 10.8. The summed E-state index contributed by atoms with van der Waals surface area (Å²) < 4.78 is 35.2. The SMILES string of the molecule is COc1ccc2nc(-c3ccc(C(=O)N4CCN(C(=O)C5(O)CC5)CC4)c(F)c3F)ccc2c1. The zero-order valence-corrected chi connectivity index (χ0v) is 18.6. The van der Waals surface area contributed by atoms with Gasteiger partial charge in [0.1, 0.15) is 11.4 Å². The van der Waals surface area contributed by atoms with Gasteiger partial charge in [0.25, 0.3) is 11.8 Å². The summed E-state index contributed by atoms with van der Waals surface area (Å²) >= 11 is 0. The van der Waals surface area contributed by atoms with Crippen molar-refractivity contribution in [2.75, 3.05) is 33.3 Å². The number of hydrogen-bond donors (Lipinski definition) is 1. The minimum absolute atomic E-state index is 0.0418. The Morgan fingerprint density at radius 3 is 2.35 bits per heavy atom. The molecule has 2 fully saturated rings. The van der Waals surface area contributed by atoms with Crippen LogP contribution in [0.3, 0.4) is 0 Å². The van der Waals surface area contributed by atoms with Gasteiger partial charge < -0.3 is 19.6 Å². The van der Waals surface area contributed by atoms with Crippen LogP contribution in [-0.2, 0) is 4.79 Å². The van der Waals surface area contributed by atoms with E-state index in [1.54, 1.807) is 37.4 Å². The molecule has 7 nitrogen and oxygen atoms in total. The maximum absolute atomic E-state index is 15.0. The summed E-state index contributed by atoms with van der Waals surface area (Å²) in [4.78, 5) is 32.5. The molecule has 2 aromatic carbocycles. The smallest absolute Gasteiger partial charge is 0.257 e. The Bertz CT molecular complexity index is 1300. The van der Waals surface area contributed by atoms with Crippen LogP contribution in [0.15, 0.2) is 42.5 Å². The summed E-state index contributed by atoms with van der Waals surface area (Å²) in [7, 11) is 1.56. The van der Waals surface area contributed by atoms with Crippen molar-refractivity contribution >= 4 is 22.7 Å². The van der Waals surface area contributed by atoms with Gasteiger partial charge in [0.15, 0.2) is 11.6 Å². The van der Waals surface area contributed by atoms with E-state index in [0.717, 1.165) is 5.39 Å². The Balaban J connectivity index is 1.34. The standard InChI is InChI=1S/C25H23F2N3O4/c1-34-16-3-7-19-15(14-16)2-6-20(28-19)17-4-5-18(22(27)21(17)26)23(31)29-10-12-30(13-11-29)24(32)25(33)8-9-25/h2-7,14,33H,8-13H2,1H3. The molecule has 0 bridgehead atoms. The topological polar surface area (TPSA) is 83.0 Å². The van der Waals surface area contributed by atoms with E-state index >= 15 is 4.39 Å². The Morgan fingerprint density at radius 2 is 1.68 bits per heavy atom. The van der Waals surface area contributed by atoms with Gasteiger partial charge in [-0.15, -0.1) is 0 Å². The molecule has 0 atom stereocenters. The van der Waals surface area contributed by atoms with E-state index in [1.807, 2.05) is 0 Å². The summed E-state index contributed by atoms with van der Waals surface area (Å²) in [5.74, 6) is -2.68. The number of pyridine rings is 1. The molecule has 2 heterocycles. The first-order valence-corrected chi connectivity index (χ1v) is 11.0. The molecule has 1 aromatic heterocycles. The number of carbonyl (C=O) groups is 2. The largest absolute Gasteiger partial charge is 0.497 e. The van der Waals surface area contributed by atoms with E-state index in [1.165, 1.54) is 21.9 Å². The third-order valence-electron chi connectivity index (χ3n) is 6.46. The fraction of sp³-hybridized carbons (Fsp3) is 0.320. The van der Waals surface area contributed by atoms with Gasteiger partial charge in [0.2, 0.25) is 0 Å². The Morgan fingerprint density at radius 1 is 0.971 bits per heavy atom. The lowest BCUT2D eigenvalue weighted by atomic mass is 10.0. The van der Waals surface area contributed by atoms with Gasteiger partial charge in [-0.05, 0) is 49.2 Å². The molecule has 0 unspecified atom stereocenters. The van der Waals surface area contributed by atoms with Crippen LogP contribution in [0.5, 0.6) is 5.75 Å². The van der Waals surface area contributed by atoms with Crippen molar-refractivity contribution in [3.8, 4) is 17.0 Å². The van der Waals surface area contributed by atoms with Crippen LogP contribution in [0.4, 0.5) is 8.78 Å². The number of amides is 2. The van der Waals surface area contributed by atoms with E-state index in [2.05, 4.69) is 4.98 Å². The summed E-state index contributed by atoms with van der Waals surface area (Å²) in [6, 6.07) is 11.2. The summed E-state index contributed by atoms with van der Waals surface area (Å²) in [6.07, 6.45) is 0.893. The number of methoxy groups -OCH3 is 1. The van der Waals surface area contributed by atoms with Gasteiger partial charge in [-0.1, -0.05) is 6.07 Å². The number of nitrogens with zero attached hydrogens (tertiary/aromatic N) is 3. The fourth-order valence-corrected chi connectivity index (χ4v) is 4.20. The second kappa shape index (κ2) is 8.32. The Labute approximate surface area is 194 Å². The molecule has 0 radical (unpaired) electrons. The van der Waals surface area contributed by atoms with Gasteiger partial charge in [-0.25, -0.2) is 13.8 Å². The van der Waals surface area contributed by atoms with Gasteiger partial charge in [-0.2, -0.15) is 0 Å². The van der Waals surface area contributed by atoms with Crippen LogP contribution in [0.25, 0.3) is 22.2 Å². The number of ether oxygens (including phenoxy) is 1. The summed E-state index contributed by atoms with van der Waals surface area (Å²) in [6.45, 7) is 0.833. The van der Waals surface area contributed by atoms with Crippen molar-refractivity contribution < 1.29 is 28.2 Å². The second-order valence-corrected chi connectivity index (χ2v) is 8.66. The molecule has 2 aliphatic rings. The number of fused-ring (bicyclic) bond motifs is 1. The number of aromatic nitrogens is 1. The van der Waals surface area contributed by atoms with Crippen molar-refractivity contribution in [2.45, 2.75) is 18.4 Å². The first kappa shape index (κ1) is 22.2. The van der Waals surface area contributed by atoms with Crippen LogP contribution in [-0.4, -0.2) is 70.6 Å². The predicted molar refractivity (Wildman–Crippen MR) is 120 cm³/mol. The zero-order valence-electron chi connectivity index (χ0n) is 18.6. The van der Waals surface area contributed by atoms with Crippen LogP contribution < -0.4 is 4.74 Å². The molecule has 176 valence electrons. The normalized spacial score (nSPS) is 17.1. The lowest BCUT2D eigenvalue weighted by molar-refractivity contribution is -0.143. The predicted octanol–water partition coefficient (Wildman–Crippen LogP) is 3.00. The quantitative estimate of drug-likeness (QED) is 0.638. The number of rotatable bonds is 4. The molecular formula is C25H23F2N3O4. The maximum atomic E-state index is 15.0. The van der Waals surface area contributed by atoms with Crippen LogP contribution >= 0.6 is 0 Å². The number of aliphatic hydroxyl groups is 1. The first-order valence-electron chi connectivity index (χ1n) is 11.0. The van der Waals surface area contributed by atoms with Gasteiger partial charge in [-0.3, -0.25) is 9.59 Å². The molecule has 1 aliphatic carbocycles. The molecule has 1 N–H and O–H groups in total. The highest BCUT2D eigenvalue weighted by molar-refractivity contribution is 5.95. The highest BCUT2D eigenvalue weighted by Crippen LogP contribution is 2.37. The number of hydrogen-bond acceptors (Lipinski definition) is 5. The van der Waals surface area contributed by atoms with Crippen LogP contribution in [0, 0.1) is 11.6 Å². The van der Waals surface area contributed by atoms with E-state index in [9.17, 15) is 19.1 Å². The van der Waals surface area contributed by atoms with Gasteiger partial charge >= 0.3 is 0 Å². The van der Waals surface area contributed by atoms with Crippen molar-refractivity contribution in [2.24, 2.45) is 0 Å². The minimum atomic E-state index is -1.26. The number of piperazine rings is 1.